The first kappa shape index (κ1) is 12.6. The molecule has 0 unspecified atom stereocenters. The van der Waals surface area contributed by atoms with E-state index in [2.05, 4.69) is 40.3 Å². The lowest BCUT2D eigenvalue weighted by atomic mass is 10.1. The molecule has 2 fully saturated rings. The van der Waals surface area contributed by atoms with Gasteiger partial charge < -0.3 is 10.1 Å². The highest BCUT2D eigenvalue weighted by atomic mass is 32.1. The van der Waals surface area contributed by atoms with Crippen LogP contribution in [0.25, 0.3) is 10.2 Å². The van der Waals surface area contributed by atoms with Crippen molar-refractivity contribution < 1.29 is 4.74 Å². The lowest BCUT2D eigenvalue weighted by Gasteiger charge is -2.33. The van der Waals surface area contributed by atoms with Crippen molar-refractivity contribution >= 4 is 26.7 Å². The number of rotatable bonds is 2. The Hall–Kier alpha value is -1.17. The van der Waals surface area contributed by atoms with E-state index in [0.717, 1.165) is 36.8 Å². The predicted molar refractivity (Wildman–Crippen MR) is 82.4 cm³/mol. The van der Waals surface area contributed by atoms with Crippen LogP contribution in [0.4, 0.5) is 5.13 Å². The van der Waals surface area contributed by atoms with Crippen LogP contribution in [0.5, 0.6) is 0 Å². The summed E-state index contributed by atoms with van der Waals surface area (Å²) in [5, 5.41) is 4.66. The van der Waals surface area contributed by atoms with Crippen LogP contribution >= 0.6 is 11.3 Å². The quantitative estimate of drug-likeness (QED) is 0.922. The highest BCUT2D eigenvalue weighted by Crippen LogP contribution is 2.29. The number of thiazole rings is 1. The van der Waals surface area contributed by atoms with Gasteiger partial charge in [0.05, 0.1) is 22.9 Å². The van der Waals surface area contributed by atoms with Crippen molar-refractivity contribution in [3.63, 3.8) is 0 Å². The third-order valence-electron chi connectivity index (χ3n) is 4.21. The van der Waals surface area contributed by atoms with Crippen molar-refractivity contribution in [1.82, 2.24) is 9.88 Å². The molecule has 20 heavy (non-hydrogen) atoms. The lowest BCUT2D eigenvalue weighted by Crippen LogP contribution is -2.45. The molecule has 0 spiro atoms. The fraction of sp³-hybridized carbons (Fsp3) is 0.533. The SMILES string of the molecule is C[C@H]1CN2C[C@H](Nc3nc4ccccc4s3)C[C@H]2CO1. The van der Waals surface area contributed by atoms with Crippen molar-refractivity contribution in [1.29, 1.82) is 0 Å². The van der Waals surface area contributed by atoms with E-state index in [4.69, 9.17) is 4.74 Å². The van der Waals surface area contributed by atoms with Crippen LogP contribution in [-0.2, 0) is 4.74 Å². The first-order valence-corrected chi connectivity index (χ1v) is 8.07. The van der Waals surface area contributed by atoms with E-state index in [-0.39, 0.29) is 0 Å². The summed E-state index contributed by atoms with van der Waals surface area (Å²) in [6.45, 7) is 5.20. The normalized spacial score (nSPS) is 30.6. The third-order valence-corrected chi connectivity index (χ3v) is 5.18. The zero-order valence-corrected chi connectivity index (χ0v) is 12.4. The lowest BCUT2D eigenvalue weighted by molar-refractivity contribution is -0.0390. The van der Waals surface area contributed by atoms with Gasteiger partial charge in [0.15, 0.2) is 5.13 Å². The number of fused-ring (bicyclic) bond motifs is 2. The van der Waals surface area contributed by atoms with Gasteiger partial charge in [0.25, 0.3) is 0 Å². The van der Waals surface area contributed by atoms with Crippen LogP contribution in [0, 0.1) is 0 Å². The van der Waals surface area contributed by atoms with Gasteiger partial charge >= 0.3 is 0 Å². The zero-order valence-electron chi connectivity index (χ0n) is 11.6. The van der Waals surface area contributed by atoms with Crippen LogP contribution in [0.3, 0.4) is 0 Å². The zero-order chi connectivity index (χ0) is 13.5. The summed E-state index contributed by atoms with van der Waals surface area (Å²) >= 11 is 1.75. The summed E-state index contributed by atoms with van der Waals surface area (Å²) in [5.41, 5.74) is 1.09. The Balaban J connectivity index is 1.47. The topological polar surface area (TPSA) is 37.4 Å². The van der Waals surface area contributed by atoms with Gasteiger partial charge in [-0.2, -0.15) is 0 Å². The highest BCUT2D eigenvalue weighted by molar-refractivity contribution is 7.22. The van der Waals surface area contributed by atoms with Gasteiger partial charge in [-0.3, -0.25) is 4.90 Å². The molecular weight excluding hydrogens is 270 g/mol. The van der Waals surface area contributed by atoms with Gasteiger partial charge in [-0.1, -0.05) is 23.5 Å². The number of hydrogen-bond donors (Lipinski definition) is 1. The Morgan fingerprint density at radius 2 is 2.25 bits per heavy atom. The molecule has 4 rings (SSSR count). The Bertz CT molecular complexity index is 581. The molecule has 0 aliphatic carbocycles. The van der Waals surface area contributed by atoms with Gasteiger partial charge in [0.1, 0.15) is 0 Å². The van der Waals surface area contributed by atoms with Crippen molar-refractivity contribution in [2.75, 3.05) is 25.0 Å². The minimum atomic E-state index is 0.368. The molecule has 3 heterocycles. The number of benzene rings is 1. The monoisotopic (exact) mass is 289 g/mol. The van der Waals surface area contributed by atoms with Gasteiger partial charge in [-0.15, -0.1) is 0 Å². The molecule has 0 bridgehead atoms. The maximum absolute atomic E-state index is 5.76. The van der Waals surface area contributed by atoms with Gasteiger partial charge in [0.2, 0.25) is 0 Å². The number of nitrogens with zero attached hydrogens (tertiary/aromatic N) is 2. The summed E-state index contributed by atoms with van der Waals surface area (Å²) < 4.78 is 7.01. The third kappa shape index (κ3) is 2.30. The molecule has 0 saturated carbocycles. The summed E-state index contributed by atoms with van der Waals surface area (Å²) in [6.07, 6.45) is 1.52. The predicted octanol–water partition coefficient (Wildman–Crippen LogP) is 2.57. The molecule has 1 aromatic carbocycles. The molecule has 2 aromatic rings. The molecule has 1 aromatic heterocycles. The van der Waals surface area contributed by atoms with Crippen molar-refractivity contribution in [2.24, 2.45) is 0 Å². The summed E-state index contributed by atoms with van der Waals surface area (Å²) in [5.74, 6) is 0. The molecule has 5 heteroatoms. The fourth-order valence-corrected chi connectivity index (χ4v) is 4.20. The molecule has 2 aliphatic heterocycles. The van der Waals surface area contributed by atoms with Crippen molar-refractivity contribution in [2.45, 2.75) is 31.5 Å². The maximum Gasteiger partial charge on any atom is 0.184 e. The number of hydrogen-bond acceptors (Lipinski definition) is 5. The van der Waals surface area contributed by atoms with E-state index >= 15 is 0 Å². The first-order chi connectivity index (χ1) is 9.78. The Morgan fingerprint density at radius 3 is 3.15 bits per heavy atom. The van der Waals surface area contributed by atoms with E-state index in [1.165, 1.54) is 4.70 Å². The second kappa shape index (κ2) is 4.98. The second-order valence-corrected chi connectivity index (χ2v) is 6.85. The number of nitrogens with one attached hydrogen (secondary N) is 1. The average molecular weight is 289 g/mol. The molecule has 0 radical (unpaired) electrons. The molecule has 2 aliphatic rings. The Labute approximate surface area is 122 Å². The van der Waals surface area contributed by atoms with Crippen molar-refractivity contribution in [3.05, 3.63) is 24.3 Å². The fourth-order valence-electron chi connectivity index (χ4n) is 3.25. The van der Waals surface area contributed by atoms with Crippen LogP contribution < -0.4 is 5.32 Å². The number of aromatic nitrogens is 1. The smallest absolute Gasteiger partial charge is 0.184 e. The van der Waals surface area contributed by atoms with E-state index in [0.29, 0.717) is 18.2 Å². The molecule has 3 atom stereocenters. The second-order valence-electron chi connectivity index (χ2n) is 5.82. The molecule has 106 valence electrons. The maximum atomic E-state index is 5.76. The summed E-state index contributed by atoms with van der Waals surface area (Å²) in [6, 6.07) is 9.39. The van der Waals surface area contributed by atoms with Crippen LogP contribution in [0.1, 0.15) is 13.3 Å². The standard InChI is InChI=1S/C15H19N3OS/c1-10-7-18-8-11(6-12(18)9-19-10)16-15-17-13-4-2-3-5-14(13)20-15/h2-5,10-12H,6-9H2,1H3,(H,16,17)/t10-,11+,12-/m0/s1. The van der Waals surface area contributed by atoms with E-state index in [1.54, 1.807) is 11.3 Å². The molecule has 4 nitrogen and oxygen atoms in total. The number of morpholine rings is 1. The minimum Gasteiger partial charge on any atom is -0.376 e. The van der Waals surface area contributed by atoms with Crippen LogP contribution in [0.15, 0.2) is 24.3 Å². The van der Waals surface area contributed by atoms with Gasteiger partial charge in [-0.25, -0.2) is 4.98 Å². The summed E-state index contributed by atoms with van der Waals surface area (Å²) in [4.78, 5) is 7.22. The van der Waals surface area contributed by atoms with E-state index in [1.807, 2.05) is 6.07 Å². The molecule has 2 saturated heterocycles. The first-order valence-electron chi connectivity index (χ1n) is 7.26. The van der Waals surface area contributed by atoms with Crippen LogP contribution in [-0.4, -0.2) is 47.8 Å². The van der Waals surface area contributed by atoms with Crippen molar-refractivity contribution in [3.8, 4) is 0 Å². The number of para-hydroxylation sites is 1. The molecular formula is C15H19N3OS. The minimum absolute atomic E-state index is 0.368. The Morgan fingerprint density at radius 1 is 1.35 bits per heavy atom. The van der Waals surface area contributed by atoms with Crippen LogP contribution in [0.2, 0.25) is 0 Å². The van der Waals surface area contributed by atoms with E-state index in [9.17, 15) is 0 Å². The average Bonchev–Trinajstić information content (AvgIpc) is 3.00. The number of ether oxygens (including phenoxy) is 1. The van der Waals surface area contributed by atoms with Gasteiger partial charge in [-0.05, 0) is 25.5 Å². The largest absolute Gasteiger partial charge is 0.376 e. The summed E-state index contributed by atoms with van der Waals surface area (Å²) in [7, 11) is 0. The molecule has 0 amide bonds. The van der Waals surface area contributed by atoms with Gasteiger partial charge in [0, 0.05) is 25.2 Å². The molecule has 1 N–H and O–H groups in total. The van der Waals surface area contributed by atoms with E-state index < -0.39 is 0 Å². The number of anilines is 1. The highest BCUT2D eigenvalue weighted by Gasteiger charge is 2.36. The Kier molecular flexibility index (Phi) is 3.13.